The molecule has 0 aromatic heterocycles. The number of hydrogen-bond donors (Lipinski definition) is 3. The van der Waals surface area contributed by atoms with Crippen LogP contribution in [0, 0.1) is 11.7 Å². The molecule has 132 valence electrons. The van der Waals surface area contributed by atoms with Gasteiger partial charge < -0.3 is 21.1 Å². The zero-order valence-corrected chi connectivity index (χ0v) is 13.8. The predicted molar refractivity (Wildman–Crippen MR) is 92.8 cm³/mol. The van der Waals surface area contributed by atoms with Crippen LogP contribution in [0.4, 0.5) is 14.9 Å². The summed E-state index contributed by atoms with van der Waals surface area (Å²) in [4.78, 5) is 23.6. The summed E-state index contributed by atoms with van der Waals surface area (Å²) in [6.45, 7) is 0.0719. The lowest BCUT2D eigenvalue weighted by Crippen LogP contribution is -2.39. The summed E-state index contributed by atoms with van der Waals surface area (Å²) in [5, 5.41) is 5.27. The smallest absolute Gasteiger partial charge is 0.319 e. The number of rotatable bonds is 7. The number of primary amides is 1. The first-order valence-electron chi connectivity index (χ1n) is 7.70. The Kier molecular flexibility index (Phi) is 6.33. The number of anilines is 1. The Morgan fingerprint density at radius 3 is 2.56 bits per heavy atom. The van der Waals surface area contributed by atoms with Crippen LogP contribution >= 0.6 is 0 Å². The molecule has 4 N–H and O–H groups in total. The number of methoxy groups -OCH3 is 1. The van der Waals surface area contributed by atoms with E-state index >= 15 is 0 Å². The number of amides is 3. The minimum atomic E-state index is -0.596. The summed E-state index contributed by atoms with van der Waals surface area (Å²) in [6.07, 6.45) is 0.315. The van der Waals surface area contributed by atoms with Crippen LogP contribution in [-0.2, 0) is 11.2 Å². The molecule has 2 aromatic rings. The van der Waals surface area contributed by atoms with Gasteiger partial charge in [0.2, 0.25) is 5.91 Å². The molecule has 0 aliphatic heterocycles. The van der Waals surface area contributed by atoms with Crippen LogP contribution in [0.3, 0.4) is 0 Å². The average Bonchev–Trinajstić information content (AvgIpc) is 2.60. The van der Waals surface area contributed by atoms with Crippen molar-refractivity contribution in [3.05, 3.63) is 59.9 Å². The number of halogens is 1. The molecule has 0 fully saturated rings. The van der Waals surface area contributed by atoms with Gasteiger partial charge in [0.15, 0.2) is 0 Å². The van der Waals surface area contributed by atoms with E-state index in [4.69, 9.17) is 10.5 Å². The highest BCUT2D eigenvalue weighted by Crippen LogP contribution is 2.16. The van der Waals surface area contributed by atoms with E-state index in [-0.39, 0.29) is 12.4 Å². The Balaban J connectivity index is 1.90. The third-order valence-electron chi connectivity index (χ3n) is 3.63. The predicted octanol–water partition coefficient (Wildman–Crippen LogP) is 2.30. The van der Waals surface area contributed by atoms with Gasteiger partial charge in [0, 0.05) is 18.3 Å². The minimum absolute atomic E-state index is 0.0719. The van der Waals surface area contributed by atoms with Crippen molar-refractivity contribution in [3.63, 3.8) is 0 Å². The van der Waals surface area contributed by atoms with Crippen LogP contribution in [0.1, 0.15) is 5.56 Å². The fraction of sp³-hybridized carbons (Fsp3) is 0.222. The Hall–Kier alpha value is -3.09. The molecule has 6 nitrogen and oxygen atoms in total. The SMILES string of the molecule is COc1cccc(NC(=O)NC[C@@H](Cc2ccc(F)cc2)C(N)=O)c1. The maximum Gasteiger partial charge on any atom is 0.319 e. The summed E-state index contributed by atoms with van der Waals surface area (Å²) < 4.78 is 18.0. The van der Waals surface area contributed by atoms with Gasteiger partial charge in [-0.3, -0.25) is 4.79 Å². The molecule has 0 radical (unpaired) electrons. The molecule has 7 heteroatoms. The van der Waals surface area contributed by atoms with Crippen LogP contribution in [0.25, 0.3) is 0 Å². The molecule has 3 amide bonds. The van der Waals surface area contributed by atoms with Crippen LogP contribution < -0.4 is 21.1 Å². The molecule has 0 bridgehead atoms. The molecule has 0 spiro atoms. The lowest BCUT2D eigenvalue weighted by atomic mass is 9.98. The third-order valence-corrected chi connectivity index (χ3v) is 3.63. The number of carbonyl (C=O) groups excluding carboxylic acids is 2. The molecular formula is C18H20FN3O3. The zero-order valence-electron chi connectivity index (χ0n) is 13.8. The number of benzene rings is 2. The zero-order chi connectivity index (χ0) is 18.2. The Bertz CT molecular complexity index is 735. The normalized spacial score (nSPS) is 11.4. The maximum atomic E-state index is 12.9. The second-order valence-corrected chi connectivity index (χ2v) is 5.50. The summed E-state index contributed by atoms with van der Waals surface area (Å²) in [7, 11) is 1.53. The van der Waals surface area contributed by atoms with Gasteiger partial charge in [0.05, 0.1) is 13.0 Å². The second kappa shape index (κ2) is 8.68. The van der Waals surface area contributed by atoms with E-state index in [0.29, 0.717) is 17.9 Å². The average molecular weight is 345 g/mol. The van der Waals surface area contributed by atoms with Gasteiger partial charge in [0.25, 0.3) is 0 Å². The summed E-state index contributed by atoms with van der Waals surface area (Å²) in [5.41, 5.74) is 6.72. The third kappa shape index (κ3) is 5.80. The van der Waals surface area contributed by atoms with Gasteiger partial charge >= 0.3 is 6.03 Å². The van der Waals surface area contributed by atoms with Crippen molar-refractivity contribution >= 4 is 17.6 Å². The molecule has 0 saturated heterocycles. The lowest BCUT2D eigenvalue weighted by Gasteiger charge is -2.15. The van der Waals surface area contributed by atoms with Crippen molar-refractivity contribution in [1.29, 1.82) is 0 Å². The molecule has 2 aromatic carbocycles. The minimum Gasteiger partial charge on any atom is -0.497 e. The number of ether oxygens (including phenoxy) is 1. The van der Waals surface area contributed by atoms with Gasteiger partial charge in [-0.1, -0.05) is 18.2 Å². The first-order chi connectivity index (χ1) is 12.0. The first-order valence-corrected chi connectivity index (χ1v) is 7.70. The van der Waals surface area contributed by atoms with Gasteiger partial charge in [-0.05, 0) is 36.2 Å². The summed E-state index contributed by atoms with van der Waals surface area (Å²) >= 11 is 0. The number of nitrogens with two attached hydrogens (primary N) is 1. The molecule has 0 unspecified atom stereocenters. The van der Waals surface area contributed by atoms with Gasteiger partial charge in [0.1, 0.15) is 11.6 Å². The van der Waals surface area contributed by atoms with Crippen LogP contribution in [0.2, 0.25) is 0 Å². The van der Waals surface area contributed by atoms with Crippen molar-refractivity contribution < 1.29 is 18.7 Å². The Morgan fingerprint density at radius 1 is 1.20 bits per heavy atom. The van der Waals surface area contributed by atoms with Crippen molar-refractivity contribution in [2.45, 2.75) is 6.42 Å². The standard InChI is InChI=1S/C18H20FN3O3/c1-25-16-4-2-3-15(10-16)22-18(24)21-11-13(17(20)23)9-12-5-7-14(19)8-6-12/h2-8,10,13H,9,11H2,1H3,(H2,20,23)(H2,21,22,24)/t13-/m1/s1. The van der Waals surface area contributed by atoms with Gasteiger partial charge in [-0.25, -0.2) is 9.18 Å². The maximum absolute atomic E-state index is 12.9. The van der Waals surface area contributed by atoms with E-state index in [1.54, 1.807) is 36.4 Å². The van der Waals surface area contributed by atoms with E-state index in [1.807, 2.05) is 0 Å². The Labute approximate surface area is 145 Å². The molecular weight excluding hydrogens is 325 g/mol. The fourth-order valence-electron chi connectivity index (χ4n) is 2.27. The highest BCUT2D eigenvalue weighted by Gasteiger charge is 2.17. The molecule has 0 aliphatic rings. The number of carbonyl (C=O) groups is 2. The molecule has 0 aliphatic carbocycles. The van der Waals surface area contributed by atoms with Gasteiger partial charge in [-0.2, -0.15) is 0 Å². The summed E-state index contributed by atoms with van der Waals surface area (Å²) in [6, 6.07) is 12.2. The highest BCUT2D eigenvalue weighted by atomic mass is 19.1. The van der Waals surface area contributed by atoms with Crippen LogP contribution in [-0.4, -0.2) is 25.6 Å². The van der Waals surface area contributed by atoms with Crippen molar-refractivity contribution in [2.75, 3.05) is 19.0 Å². The van der Waals surface area contributed by atoms with Crippen molar-refractivity contribution in [3.8, 4) is 5.75 Å². The topological polar surface area (TPSA) is 93.4 Å². The Morgan fingerprint density at radius 2 is 1.92 bits per heavy atom. The molecule has 0 heterocycles. The fourth-order valence-corrected chi connectivity index (χ4v) is 2.27. The van der Waals surface area contributed by atoms with E-state index in [9.17, 15) is 14.0 Å². The van der Waals surface area contributed by atoms with Crippen LogP contribution in [0.5, 0.6) is 5.75 Å². The second-order valence-electron chi connectivity index (χ2n) is 5.50. The number of nitrogens with one attached hydrogen (secondary N) is 2. The van der Waals surface area contributed by atoms with Gasteiger partial charge in [-0.15, -0.1) is 0 Å². The van der Waals surface area contributed by atoms with Crippen molar-refractivity contribution in [1.82, 2.24) is 5.32 Å². The van der Waals surface area contributed by atoms with Crippen LogP contribution in [0.15, 0.2) is 48.5 Å². The number of urea groups is 1. The van der Waals surface area contributed by atoms with E-state index in [2.05, 4.69) is 10.6 Å². The largest absolute Gasteiger partial charge is 0.497 e. The molecule has 1 atom stereocenters. The van der Waals surface area contributed by atoms with Crippen molar-refractivity contribution in [2.24, 2.45) is 11.7 Å². The molecule has 2 rings (SSSR count). The quantitative estimate of drug-likeness (QED) is 0.719. The number of hydrogen-bond acceptors (Lipinski definition) is 3. The lowest BCUT2D eigenvalue weighted by molar-refractivity contribution is -0.121. The monoisotopic (exact) mass is 345 g/mol. The molecule has 0 saturated carbocycles. The van der Waals surface area contributed by atoms with E-state index in [0.717, 1.165) is 5.56 Å². The first kappa shape index (κ1) is 18.3. The highest BCUT2D eigenvalue weighted by molar-refractivity contribution is 5.89. The van der Waals surface area contributed by atoms with E-state index < -0.39 is 17.9 Å². The van der Waals surface area contributed by atoms with E-state index in [1.165, 1.54) is 19.2 Å². The molecule has 25 heavy (non-hydrogen) atoms. The summed E-state index contributed by atoms with van der Waals surface area (Å²) in [5.74, 6) is -0.869.